The van der Waals surface area contributed by atoms with Crippen LogP contribution in [0.15, 0.2) is 0 Å². The fourth-order valence-electron chi connectivity index (χ4n) is 3.54. The number of rotatable bonds is 6. The smallest absolute Gasteiger partial charge is 0.00915 e. The van der Waals surface area contributed by atoms with Crippen LogP contribution >= 0.6 is 0 Å². The van der Waals surface area contributed by atoms with Crippen LogP contribution in [0.25, 0.3) is 0 Å². The Kier molecular flexibility index (Phi) is 6.11. The normalized spacial score (nSPS) is 27.5. The lowest BCUT2D eigenvalue weighted by Gasteiger charge is -2.33. The van der Waals surface area contributed by atoms with Gasteiger partial charge in [0.15, 0.2) is 0 Å². The van der Waals surface area contributed by atoms with Gasteiger partial charge in [0.05, 0.1) is 0 Å². The lowest BCUT2D eigenvalue weighted by molar-refractivity contribution is 0.177. The van der Waals surface area contributed by atoms with E-state index in [-0.39, 0.29) is 0 Å². The Labute approximate surface area is 119 Å². The second-order valence-corrected chi connectivity index (χ2v) is 6.92. The van der Waals surface area contributed by atoms with Crippen LogP contribution in [0.3, 0.4) is 0 Å². The summed E-state index contributed by atoms with van der Waals surface area (Å²) in [4.78, 5) is 5.22. The molecule has 1 N–H and O–H groups in total. The Morgan fingerprint density at radius 3 is 2.32 bits per heavy atom. The molecule has 0 aliphatic carbocycles. The van der Waals surface area contributed by atoms with Crippen molar-refractivity contribution in [1.29, 1.82) is 0 Å². The van der Waals surface area contributed by atoms with Crippen molar-refractivity contribution in [3.8, 4) is 0 Å². The Bertz CT molecular complexity index is 246. The molecule has 3 nitrogen and oxygen atoms in total. The average Bonchev–Trinajstić information content (AvgIpc) is 2.85. The van der Waals surface area contributed by atoms with Gasteiger partial charge in [-0.25, -0.2) is 0 Å². The van der Waals surface area contributed by atoms with Crippen molar-refractivity contribution in [2.45, 2.75) is 46.1 Å². The summed E-state index contributed by atoms with van der Waals surface area (Å²) in [6, 6.07) is 0.777. The third kappa shape index (κ3) is 5.05. The summed E-state index contributed by atoms with van der Waals surface area (Å²) < 4.78 is 0. The van der Waals surface area contributed by atoms with Gasteiger partial charge >= 0.3 is 0 Å². The first-order valence-corrected chi connectivity index (χ1v) is 8.35. The third-order valence-electron chi connectivity index (χ3n) is 4.72. The number of piperidine rings is 1. The van der Waals surface area contributed by atoms with Gasteiger partial charge in [-0.15, -0.1) is 0 Å². The molecule has 0 aromatic carbocycles. The van der Waals surface area contributed by atoms with E-state index < -0.39 is 0 Å². The Hall–Kier alpha value is -0.120. The van der Waals surface area contributed by atoms with Crippen LogP contribution in [0.4, 0.5) is 0 Å². The zero-order valence-electron chi connectivity index (χ0n) is 13.2. The SMILES string of the molecule is CCN1CCC(CNC2CCN(CC(C)C)CC2)C1. The molecule has 2 rings (SSSR count). The second-order valence-electron chi connectivity index (χ2n) is 6.92. The number of likely N-dealkylation sites (tertiary alicyclic amines) is 2. The van der Waals surface area contributed by atoms with Crippen LogP contribution in [0.2, 0.25) is 0 Å². The largest absolute Gasteiger partial charge is 0.314 e. The van der Waals surface area contributed by atoms with E-state index in [1.165, 1.54) is 65.1 Å². The summed E-state index contributed by atoms with van der Waals surface area (Å²) >= 11 is 0. The molecule has 2 fully saturated rings. The van der Waals surface area contributed by atoms with Gasteiger partial charge < -0.3 is 15.1 Å². The second kappa shape index (κ2) is 7.61. The van der Waals surface area contributed by atoms with E-state index in [9.17, 15) is 0 Å². The molecule has 1 atom stereocenters. The van der Waals surface area contributed by atoms with Crippen LogP contribution in [0, 0.1) is 11.8 Å². The quantitative estimate of drug-likeness (QED) is 0.794. The minimum Gasteiger partial charge on any atom is -0.314 e. The van der Waals surface area contributed by atoms with Crippen molar-refractivity contribution in [2.24, 2.45) is 11.8 Å². The fourth-order valence-corrected chi connectivity index (χ4v) is 3.54. The molecule has 2 aliphatic heterocycles. The van der Waals surface area contributed by atoms with Crippen LogP contribution < -0.4 is 5.32 Å². The summed E-state index contributed by atoms with van der Waals surface area (Å²) in [6.45, 7) is 15.9. The van der Waals surface area contributed by atoms with Crippen molar-refractivity contribution in [3.05, 3.63) is 0 Å². The molecule has 0 aromatic heterocycles. The van der Waals surface area contributed by atoms with Gasteiger partial charge in [-0.2, -0.15) is 0 Å². The monoisotopic (exact) mass is 267 g/mol. The summed E-state index contributed by atoms with van der Waals surface area (Å²) in [7, 11) is 0. The first-order valence-electron chi connectivity index (χ1n) is 8.35. The minimum absolute atomic E-state index is 0.777. The highest BCUT2D eigenvalue weighted by Gasteiger charge is 2.23. The maximum atomic E-state index is 3.83. The number of hydrogen-bond donors (Lipinski definition) is 1. The third-order valence-corrected chi connectivity index (χ3v) is 4.72. The highest BCUT2D eigenvalue weighted by atomic mass is 15.2. The summed E-state index contributed by atoms with van der Waals surface area (Å²) in [6.07, 6.45) is 4.08. The molecule has 0 spiro atoms. The molecular weight excluding hydrogens is 234 g/mol. The molecule has 2 aliphatic rings. The van der Waals surface area contributed by atoms with Crippen molar-refractivity contribution in [2.75, 3.05) is 45.8 Å². The number of hydrogen-bond acceptors (Lipinski definition) is 3. The van der Waals surface area contributed by atoms with E-state index in [4.69, 9.17) is 0 Å². The number of nitrogens with zero attached hydrogens (tertiary/aromatic N) is 2. The molecule has 19 heavy (non-hydrogen) atoms. The predicted octanol–water partition coefficient (Wildman–Crippen LogP) is 2.04. The van der Waals surface area contributed by atoms with Gasteiger partial charge in [0.2, 0.25) is 0 Å². The molecule has 112 valence electrons. The first kappa shape index (κ1) is 15.3. The molecule has 2 saturated heterocycles. The number of nitrogens with one attached hydrogen (secondary N) is 1. The maximum absolute atomic E-state index is 3.83. The molecule has 0 bridgehead atoms. The zero-order valence-corrected chi connectivity index (χ0v) is 13.2. The van der Waals surface area contributed by atoms with E-state index in [1.54, 1.807) is 0 Å². The molecule has 0 aromatic rings. The van der Waals surface area contributed by atoms with Crippen molar-refractivity contribution in [3.63, 3.8) is 0 Å². The average molecular weight is 267 g/mol. The Morgan fingerprint density at radius 1 is 1.05 bits per heavy atom. The minimum atomic E-state index is 0.777. The summed E-state index contributed by atoms with van der Waals surface area (Å²) in [5.74, 6) is 1.71. The molecule has 1 unspecified atom stereocenters. The molecule has 2 heterocycles. The topological polar surface area (TPSA) is 18.5 Å². The van der Waals surface area contributed by atoms with Gasteiger partial charge in [-0.3, -0.25) is 0 Å². The van der Waals surface area contributed by atoms with E-state index in [0.717, 1.165) is 17.9 Å². The summed E-state index contributed by atoms with van der Waals surface area (Å²) in [5.41, 5.74) is 0. The van der Waals surface area contributed by atoms with E-state index in [0.29, 0.717) is 0 Å². The van der Waals surface area contributed by atoms with Crippen LogP contribution in [0.1, 0.15) is 40.0 Å². The van der Waals surface area contributed by atoms with Crippen LogP contribution in [0.5, 0.6) is 0 Å². The van der Waals surface area contributed by atoms with E-state index in [1.807, 2.05) is 0 Å². The molecule has 3 heteroatoms. The van der Waals surface area contributed by atoms with Gasteiger partial charge in [-0.05, 0) is 63.8 Å². The highest BCUT2D eigenvalue weighted by Crippen LogP contribution is 2.17. The van der Waals surface area contributed by atoms with Gasteiger partial charge in [-0.1, -0.05) is 20.8 Å². The highest BCUT2D eigenvalue weighted by molar-refractivity contribution is 4.81. The van der Waals surface area contributed by atoms with Crippen LogP contribution in [-0.4, -0.2) is 61.7 Å². The lowest BCUT2D eigenvalue weighted by atomic mass is 10.0. The molecular formula is C16H33N3. The summed E-state index contributed by atoms with van der Waals surface area (Å²) in [5, 5.41) is 3.83. The Morgan fingerprint density at radius 2 is 1.74 bits per heavy atom. The predicted molar refractivity (Wildman–Crippen MR) is 82.5 cm³/mol. The van der Waals surface area contributed by atoms with Crippen molar-refractivity contribution < 1.29 is 0 Å². The zero-order chi connectivity index (χ0) is 13.7. The van der Waals surface area contributed by atoms with Crippen LogP contribution in [-0.2, 0) is 0 Å². The Balaban J connectivity index is 1.58. The standard InChI is InChI=1S/C16H33N3/c1-4-18-8-5-15(13-18)11-17-16-6-9-19(10-7-16)12-14(2)3/h14-17H,4-13H2,1-3H3. The van der Waals surface area contributed by atoms with Gasteiger partial charge in [0.25, 0.3) is 0 Å². The molecule has 0 saturated carbocycles. The van der Waals surface area contributed by atoms with E-state index in [2.05, 4.69) is 35.9 Å². The van der Waals surface area contributed by atoms with Gasteiger partial charge in [0.1, 0.15) is 0 Å². The maximum Gasteiger partial charge on any atom is 0.00915 e. The van der Waals surface area contributed by atoms with Crippen molar-refractivity contribution in [1.82, 2.24) is 15.1 Å². The lowest BCUT2D eigenvalue weighted by Crippen LogP contribution is -2.44. The van der Waals surface area contributed by atoms with E-state index >= 15 is 0 Å². The fraction of sp³-hybridized carbons (Fsp3) is 1.00. The molecule has 0 amide bonds. The molecule has 0 radical (unpaired) electrons. The van der Waals surface area contributed by atoms with Gasteiger partial charge in [0, 0.05) is 19.1 Å². The van der Waals surface area contributed by atoms with Crippen molar-refractivity contribution >= 4 is 0 Å². The first-order chi connectivity index (χ1) is 9.17.